The van der Waals surface area contributed by atoms with Crippen LogP contribution < -0.4 is 0 Å². The minimum absolute atomic E-state index is 0.607. The molecule has 25 heavy (non-hydrogen) atoms. The third kappa shape index (κ3) is 4.86. The standard InChI is InChI=1S/C19H18N2O4/c1-13(15-9-5-3-6-10-15)24-18(22)17(21-20)19(23)25-14(2)16-11-7-4-8-12-16/h3-14H,1-2H3/t13-,14-/m0/s1. The van der Waals surface area contributed by atoms with Crippen molar-refractivity contribution in [3.05, 3.63) is 77.3 Å². The molecule has 0 aliphatic rings. The molecule has 0 saturated carbocycles. The number of hydrogen-bond acceptors (Lipinski definition) is 4. The Morgan fingerprint density at radius 3 is 1.48 bits per heavy atom. The number of benzene rings is 2. The minimum Gasteiger partial charge on any atom is -0.449 e. The number of esters is 2. The van der Waals surface area contributed by atoms with E-state index in [-0.39, 0.29) is 0 Å². The van der Waals surface area contributed by atoms with E-state index < -0.39 is 29.9 Å². The molecule has 0 unspecified atom stereocenters. The molecule has 0 amide bonds. The molecule has 0 aromatic heterocycles. The number of carbonyl (C=O) groups excluding carboxylic acids is 2. The molecule has 2 rings (SSSR count). The number of carbonyl (C=O) groups is 2. The largest absolute Gasteiger partial charge is 0.482 e. The van der Waals surface area contributed by atoms with Crippen LogP contribution in [0.3, 0.4) is 0 Å². The lowest BCUT2D eigenvalue weighted by molar-refractivity contribution is -0.154. The first-order valence-electron chi connectivity index (χ1n) is 7.76. The average molecular weight is 338 g/mol. The van der Waals surface area contributed by atoms with Gasteiger partial charge in [-0.15, -0.1) is 0 Å². The van der Waals surface area contributed by atoms with Crippen LogP contribution in [0.5, 0.6) is 0 Å². The van der Waals surface area contributed by atoms with Crippen molar-refractivity contribution in [2.75, 3.05) is 0 Å². The molecule has 6 heteroatoms. The Bertz CT molecular complexity index is 722. The Morgan fingerprint density at radius 2 is 1.16 bits per heavy atom. The highest BCUT2D eigenvalue weighted by atomic mass is 16.6. The maximum atomic E-state index is 12.1. The fourth-order valence-electron chi connectivity index (χ4n) is 2.18. The first-order chi connectivity index (χ1) is 12.0. The molecule has 0 bridgehead atoms. The smallest absolute Gasteiger partial charge is 0.449 e. The monoisotopic (exact) mass is 338 g/mol. The molecular weight excluding hydrogens is 320 g/mol. The summed E-state index contributed by atoms with van der Waals surface area (Å²) in [6, 6.07) is 18.0. The van der Waals surface area contributed by atoms with Gasteiger partial charge in [0, 0.05) is 0 Å². The van der Waals surface area contributed by atoms with E-state index in [0.717, 1.165) is 11.1 Å². The molecule has 128 valence electrons. The quantitative estimate of drug-likeness (QED) is 0.266. The third-order valence-corrected chi connectivity index (χ3v) is 3.59. The molecule has 2 atom stereocenters. The normalized spacial score (nSPS) is 12.4. The van der Waals surface area contributed by atoms with Crippen LogP contribution in [0.2, 0.25) is 0 Å². The maximum absolute atomic E-state index is 12.1. The lowest BCUT2D eigenvalue weighted by Gasteiger charge is -2.13. The van der Waals surface area contributed by atoms with Gasteiger partial charge in [-0.3, -0.25) is 0 Å². The van der Waals surface area contributed by atoms with Crippen LogP contribution in [0.1, 0.15) is 37.2 Å². The Hall–Kier alpha value is -3.24. The van der Waals surface area contributed by atoms with Crippen molar-refractivity contribution in [2.24, 2.45) is 0 Å². The topological polar surface area (TPSA) is 89.0 Å². The molecule has 0 radical (unpaired) electrons. The fraction of sp³-hybridized carbons (Fsp3) is 0.211. The summed E-state index contributed by atoms with van der Waals surface area (Å²) in [4.78, 5) is 27.0. The van der Waals surface area contributed by atoms with Gasteiger partial charge in [0.05, 0.1) is 0 Å². The molecule has 0 N–H and O–H groups in total. The van der Waals surface area contributed by atoms with Crippen LogP contribution in [-0.4, -0.2) is 22.4 Å². The van der Waals surface area contributed by atoms with Crippen LogP contribution in [-0.2, 0) is 19.1 Å². The van der Waals surface area contributed by atoms with Crippen LogP contribution in [0.4, 0.5) is 0 Å². The van der Waals surface area contributed by atoms with Gasteiger partial charge < -0.3 is 15.0 Å². The van der Waals surface area contributed by atoms with E-state index in [1.807, 2.05) is 12.1 Å². The summed E-state index contributed by atoms with van der Waals surface area (Å²) in [6.45, 7) is 3.31. The van der Waals surface area contributed by atoms with Crippen molar-refractivity contribution >= 4 is 17.7 Å². The van der Waals surface area contributed by atoms with E-state index in [2.05, 4.69) is 4.79 Å². The predicted molar refractivity (Wildman–Crippen MR) is 90.5 cm³/mol. The summed E-state index contributed by atoms with van der Waals surface area (Å²) < 4.78 is 10.3. The zero-order valence-corrected chi connectivity index (χ0v) is 14.0. The van der Waals surface area contributed by atoms with E-state index >= 15 is 0 Å². The fourth-order valence-corrected chi connectivity index (χ4v) is 2.18. The van der Waals surface area contributed by atoms with E-state index in [1.165, 1.54) is 0 Å². The van der Waals surface area contributed by atoms with E-state index in [0.29, 0.717) is 0 Å². The number of ether oxygens (including phenoxy) is 2. The molecule has 0 spiro atoms. The number of hydrogen-bond donors (Lipinski definition) is 0. The molecule has 0 fully saturated rings. The van der Waals surface area contributed by atoms with Crippen molar-refractivity contribution < 1.29 is 23.9 Å². The summed E-state index contributed by atoms with van der Waals surface area (Å²) in [6.07, 6.45) is -1.21. The lowest BCUT2D eigenvalue weighted by Crippen LogP contribution is -2.30. The second-order valence-electron chi connectivity index (χ2n) is 5.37. The van der Waals surface area contributed by atoms with Crippen molar-refractivity contribution in [3.63, 3.8) is 0 Å². The molecule has 2 aromatic carbocycles. The van der Waals surface area contributed by atoms with E-state index in [9.17, 15) is 9.59 Å². The SMILES string of the molecule is C[C@H](OC(=O)C(=[N+]=[N-])C(=O)O[C@@H](C)c1ccccc1)c1ccccc1. The summed E-state index contributed by atoms with van der Waals surface area (Å²) in [5, 5.41) is 0. The molecule has 0 heterocycles. The Morgan fingerprint density at radius 1 is 0.800 bits per heavy atom. The second-order valence-corrected chi connectivity index (χ2v) is 5.37. The summed E-state index contributed by atoms with van der Waals surface area (Å²) in [5.41, 5.74) is 9.72. The average Bonchev–Trinajstić information content (AvgIpc) is 2.63. The van der Waals surface area contributed by atoms with Gasteiger partial charge in [0.25, 0.3) is 0 Å². The molecule has 0 saturated heterocycles. The second kappa shape index (κ2) is 8.57. The highest BCUT2D eigenvalue weighted by molar-refractivity contribution is 6.60. The van der Waals surface area contributed by atoms with Gasteiger partial charge in [-0.05, 0) is 25.0 Å². The number of rotatable bonds is 6. The first-order valence-corrected chi connectivity index (χ1v) is 7.76. The Kier molecular flexibility index (Phi) is 6.20. The van der Waals surface area contributed by atoms with Gasteiger partial charge in [-0.25, -0.2) is 9.59 Å². The van der Waals surface area contributed by atoms with Crippen LogP contribution in [0.15, 0.2) is 60.7 Å². The zero-order valence-electron chi connectivity index (χ0n) is 14.0. The minimum atomic E-state index is -1.05. The third-order valence-electron chi connectivity index (χ3n) is 3.59. The van der Waals surface area contributed by atoms with Gasteiger partial charge in [0.15, 0.2) is 0 Å². The van der Waals surface area contributed by atoms with Crippen molar-refractivity contribution in [3.8, 4) is 0 Å². The summed E-state index contributed by atoms with van der Waals surface area (Å²) in [5.74, 6) is -2.10. The van der Waals surface area contributed by atoms with Crippen molar-refractivity contribution in [2.45, 2.75) is 26.1 Å². The van der Waals surface area contributed by atoms with Gasteiger partial charge >= 0.3 is 17.7 Å². The van der Waals surface area contributed by atoms with E-state index in [4.69, 9.17) is 15.0 Å². The van der Waals surface area contributed by atoms with Gasteiger partial charge in [-0.1, -0.05) is 60.7 Å². The zero-order chi connectivity index (χ0) is 18.2. The lowest BCUT2D eigenvalue weighted by atomic mass is 10.1. The van der Waals surface area contributed by atoms with Gasteiger partial charge in [0.1, 0.15) is 12.2 Å². The highest BCUT2D eigenvalue weighted by Crippen LogP contribution is 2.18. The predicted octanol–water partition coefficient (Wildman–Crippen LogP) is 3.27. The summed E-state index contributed by atoms with van der Waals surface area (Å²) >= 11 is 0. The van der Waals surface area contributed by atoms with Gasteiger partial charge in [0.2, 0.25) is 0 Å². The first kappa shape index (κ1) is 18.1. The van der Waals surface area contributed by atoms with Crippen LogP contribution in [0.25, 0.3) is 5.53 Å². The molecular formula is C19H18N2O4. The maximum Gasteiger partial charge on any atom is 0.482 e. The number of nitrogens with zero attached hydrogens (tertiary/aromatic N) is 2. The van der Waals surface area contributed by atoms with Crippen LogP contribution >= 0.6 is 0 Å². The Balaban J connectivity index is 2.02. The van der Waals surface area contributed by atoms with Crippen LogP contribution in [0, 0.1) is 0 Å². The van der Waals surface area contributed by atoms with Gasteiger partial charge in [-0.2, -0.15) is 4.79 Å². The van der Waals surface area contributed by atoms with E-state index in [1.54, 1.807) is 62.4 Å². The molecule has 0 aliphatic heterocycles. The highest BCUT2D eigenvalue weighted by Gasteiger charge is 2.35. The van der Waals surface area contributed by atoms with Crippen molar-refractivity contribution in [1.82, 2.24) is 0 Å². The molecule has 0 aliphatic carbocycles. The Labute approximate surface area is 145 Å². The molecule has 6 nitrogen and oxygen atoms in total. The molecule has 2 aromatic rings. The summed E-state index contributed by atoms with van der Waals surface area (Å²) in [7, 11) is 0. The van der Waals surface area contributed by atoms with Crippen molar-refractivity contribution in [1.29, 1.82) is 0 Å².